The van der Waals surface area contributed by atoms with Crippen molar-refractivity contribution in [2.45, 2.75) is 6.18 Å². The number of pyridine rings is 1. The SMILES string of the molecule is N#Cc1c(N=[N+]=[N-])nc(Nc2ccccc2C(F)(F)F)c(Cl)c1Cl. The Bertz CT molecular complexity index is 884. The van der Waals surface area contributed by atoms with Gasteiger partial charge >= 0.3 is 6.18 Å². The van der Waals surface area contributed by atoms with Crippen LogP contribution >= 0.6 is 23.2 Å². The molecule has 0 aliphatic heterocycles. The first-order chi connectivity index (χ1) is 11.3. The van der Waals surface area contributed by atoms with Gasteiger partial charge < -0.3 is 5.32 Å². The zero-order chi connectivity index (χ0) is 17.9. The number of anilines is 2. The van der Waals surface area contributed by atoms with Gasteiger partial charge in [-0.15, -0.1) is 0 Å². The van der Waals surface area contributed by atoms with Crippen LogP contribution in [0.2, 0.25) is 10.0 Å². The third-order valence-corrected chi connectivity index (χ3v) is 3.64. The third kappa shape index (κ3) is 3.46. The molecule has 0 saturated carbocycles. The maximum atomic E-state index is 13.0. The highest BCUT2D eigenvalue weighted by atomic mass is 35.5. The van der Waals surface area contributed by atoms with Crippen LogP contribution in [-0.4, -0.2) is 4.98 Å². The molecule has 0 saturated heterocycles. The van der Waals surface area contributed by atoms with E-state index >= 15 is 0 Å². The summed E-state index contributed by atoms with van der Waals surface area (Å²) in [5.74, 6) is -0.679. The normalized spacial score (nSPS) is 10.7. The van der Waals surface area contributed by atoms with E-state index in [4.69, 9.17) is 34.0 Å². The molecule has 0 unspecified atom stereocenters. The number of azide groups is 1. The average molecular weight is 373 g/mol. The number of alkyl halides is 3. The Morgan fingerprint density at radius 3 is 2.50 bits per heavy atom. The van der Waals surface area contributed by atoms with E-state index in [1.54, 1.807) is 6.07 Å². The fraction of sp³-hybridized carbons (Fsp3) is 0.0769. The molecule has 1 heterocycles. The minimum atomic E-state index is -4.61. The van der Waals surface area contributed by atoms with E-state index in [9.17, 15) is 13.2 Å². The van der Waals surface area contributed by atoms with Crippen LogP contribution in [0.15, 0.2) is 29.4 Å². The highest BCUT2D eigenvalue weighted by Crippen LogP contribution is 2.40. The number of para-hydroxylation sites is 1. The van der Waals surface area contributed by atoms with Gasteiger partial charge in [-0.25, -0.2) is 4.98 Å². The molecule has 1 N–H and O–H groups in total. The van der Waals surface area contributed by atoms with E-state index < -0.39 is 17.6 Å². The molecule has 6 nitrogen and oxygen atoms in total. The Morgan fingerprint density at radius 2 is 1.92 bits per heavy atom. The van der Waals surface area contributed by atoms with Crippen molar-refractivity contribution in [1.82, 2.24) is 4.98 Å². The fourth-order valence-corrected chi connectivity index (χ4v) is 2.19. The lowest BCUT2D eigenvalue weighted by molar-refractivity contribution is -0.136. The maximum absolute atomic E-state index is 13.0. The van der Waals surface area contributed by atoms with Crippen molar-refractivity contribution in [2.75, 3.05) is 5.32 Å². The zero-order valence-electron chi connectivity index (χ0n) is 11.4. The Kier molecular flexibility index (Phi) is 5.04. The van der Waals surface area contributed by atoms with Gasteiger partial charge in [0.1, 0.15) is 22.5 Å². The van der Waals surface area contributed by atoms with Crippen LogP contribution in [0.4, 0.5) is 30.5 Å². The molecular formula is C13H5Cl2F3N6. The standard InChI is InChI=1S/C13H5Cl2F3N6/c14-9-6(5-19)11(23-24-20)22-12(10(9)15)21-8-4-2-1-3-7(8)13(16,17)18/h1-4H,(H,21,22). The molecule has 2 aromatic rings. The summed E-state index contributed by atoms with van der Waals surface area (Å²) < 4.78 is 39.1. The van der Waals surface area contributed by atoms with Crippen molar-refractivity contribution in [3.05, 3.63) is 55.9 Å². The molecule has 2 rings (SSSR count). The lowest BCUT2D eigenvalue weighted by atomic mass is 10.1. The van der Waals surface area contributed by atoms with Crippen molar-refractivity contribution < 1.29 is 13.2 Å². The molecule has 1 aromatic heterocycles. The van der Waals surface area contributed by atoms with Crippen molar-refractivity contribution in [2.24, 2.45) is 5.11 Å². The summed E-state index contributed by atoms with van der Waals surface area (Å²) >= 11 is 11.8. The summed E-state index contributed by atoms with van der Waals surface area (Å²) in [7, 11) is 0. The average Bonchev–Trinajstić information content (AvgIpc) is 2.52. The van der Waals surface area contributed by atoms with Crippen LogP contribution in [0.5, 0.6) is 0 Å². The fourth-order valence-electron chi connectivity index (χ4n) is 1.79. The van der Waals surface area contributed by atoms with Gasteiger partial charge in [0.25, 0.3) is 0 Å². The number of rotatable bonds is 3. The number of nitriles is 1. The van der Waals surface area contributed by atoms with Gasteiger partial charge in [0.05, 0.1) is 16.3 Å². The largest absolute Gasteiger partial charge is 0.418 e. The molecule has 11 heteroatoms. The molecule has 24 heavy (non-hydrogen) atoms. The predicted molar refractivity (Wildman–Crippen MR) is 82.5 cm³/mol. The van der Waals surface area contributed by atoms with Crippen LogP contribution in [0.25, 0.3) is 10.4 Å². The van der Waals surface area contributed by atoms with Crippen molar-refractivity contribution in [3.63, 3.8) is 0 Å². The maximum Gasteiger partial charge on any atom is 0.418 e. The summed E-state index contributed by atoms with van der Waals surface area (Å²) in [5, 5.41) is 14.0. The van der Waals surface area contributed by atoms with Gasteiger partial charge in [-0.1, -0.05) is 35.3 Å². The monoisotopic (exact) mass is 372 g/mol. The van der Waals surface area contributed by atoms with E-state index in [0.717, 1.165) is 6.07 Å². The lowest BCUT2D eigenvalue weighted by Crippen LogP contribution is -2.09. The lowest BCUT2D eigenvalue weighted by Gasteiger charge is -2.15. The zero-order valence-corrected chi connectivity index (χ0v) is 12.9. The van der Waals surface area contributed by atoms with Gasteiger partial charge in [0.2, 0.25) is 0 Å². The number of hydrogen-bond acceptors (Lipinski definition) is 4. The molecule has 0 radical (unpaired) electrons. The van der Waals surface area contributed by atoms with E-state index in [1.165, 1.54) is 18.2 Å². The van der Waals surface area contributed by atoms with E-state index in [-0.39, 0.29) is 27.1 Å². The number of aromatic nitrogens is 1. The Morgan fingerprint density at radius 1 is 1.25 bits per heavy atom. The molecule has 0 aliphatic rings. The summed E-state index contributed by atoms with van der Waals surface area (Å²) in [6, 6.07) is 6.30. The van der Waals surface area contributed by atoms with Gasteiger partial charge in [-0.05, 0) is 22.8 Å². The molecule has 1 aromatic carbocycles. The topological polar surface area (TPSA) is 97.5 Å². The first-order valence-electron chi connectivity index (χ1n) is 6.07. The first-order valence-corrected chi connectivity index (χ1v) is 6.82. The second-order valence-electron chi connectivity index (χ2n) is 4.26. The smallest absolute Gasteiger partial charge is 0.338 e. The third-order valence-electron chi connectivity index (χ3n) is 2.80. The molecule has 0 bridgehead atoms. The Balaban J connectivity index is 2.61. The Hall–Kier alpha value is -2.66. The van der Waals surface area contributed by atoms with Crippen LogP contribution in [0.1, 0.15) is 11.1 Å². The van der Waals surface area contributed by atoms with Crippen LogP contribution < -0.4 is 5.32 Å². The van der Waals surface area contributed by atoms with Crippen LogP contribution in [-0.2, 0) is 6.18 Å². The first kappa shape index (κ1) is 17.7. The molecule has 122 valence electrons. The number of nitrogens with one attached hydrogen (secondary N) is 1. The molecule has 0 atom stereocenters. The van der Waals surface area contributed by atoms with Gasteiger partial charge in [-0.2, -0.15) is 18.4 Å². The highest BCUT2D eigenvalue weighted by molar-refractivity contribution is 6.44. The number of nitrogens with zero attached hydrogens (tertiary/aromatic N) is 5. The van der Waals surface area contributed by atoms with Crippen LogP contribution in [0, 0.1) is 11.3 Å². The van der Waals surface area contributed by atoms with Gasteiger partial charge in [0.15, 0.2) is 5.82 Å². The Labute approximate surface area is 143 Å². The minimum Gasteiger partial charge on any atom is -0.338 e. The number of hydrogen-bond donors (Lipinski definition) is 1. The molecular weight excluding hydrogens is 368 g/mol. The molecule has 0 spiro atoms. The summed E-state index contributed by atoms with van der Waals surface area (Å²) in [4.78, 5) is 6.27. The van der Waals surface area contributed by atoms with Crippen molar-refractivity contribution in [1.29, 1.82) is 5.26 Å². The van der Waals surface area contributed by atoms with Crippen LogP contribution in [0.3, 0.4) is 0 Å². The van der Waals surface area contributed by atoms with Crippen molar-refractivity contribution >= 4 is 40.5 Å². The molecule has 0 amide bonds. The van der Waals surface area contributed by atoms with E-state index in [1.807, 2.05) is 0 Å². The summed E-state index contributed by atoms with van der Waals surface area (Å²) in [6.45, 7) is 0. The minimum absolute atomic E-state index is 0.276. The molecule has 0 aliphatic carbocycles. The number of halogens is 5. The second-order valence-corrected chi connectivity index (χ2v) is 5.01. The molecule has 0 fully saturated rings. The van der Waals surface area contributed by atoms with Gasteiger partial charge in [0, 0.05) is 4.91 Å². The van der Waals surface area contributed by atoms with E-state index in [2.05, 4.69) is 20.3 Å². The number of benzene rings is 1. The second kappa shape index (κ2) is 6.84. The highest BCUT2D eigenvalue weighted by Gasteiger charge is 2.33. The summed E-state index contributed by atoms with van der Waals surface area (Å²) in [5.41, 5.74) is 6.93. The quantitative estimate of drug-likeness (QED) is 0.408. The predicted octanol–water partition coefficient (Wildman–Crippen LogP) is 5.96. The van der Waals surface area contributed by atoms with Crippen molar-refractivity contribution in [3.8, 4) is 6.07 Å². The van der Waals surface area contributed by atoms with Gasteiger partial charge in [-0.3, -0.25) is 0 Å². The summed E-state index contributed by atoms with van der Waals surface area (Å²) in [6.07, 6.45) is -4.61. The van der Waals surface area contributed by atoms with E-state index in [0.29, 0.717) is 0 Å².